The lowest BCUT2D eigenvalue weighted by molar-refractivity contribution is 0.0977. The van der Waals surface area contributed by atoms with E-state index in [0.717, 1.165) is 0 Å². The third-order valence-electron chi connectivity index (χ3n) is 4.80. The van der Waals surface area contributed by atoms with Crippen molar-refractivity contribution in [3.63, 3.8) is 0 Å². The van der Waals surface area contributed by atoms with Crippen LogP contribution in [0, 0.1) is 18.6 Å². The van der Waals surface area contributed by atoms with Gasteiger partial charge in [0.05, 0.1) is 0 Å². The molecule has 0 N–H and O–H groups in total. The molecule has 1 aromatic heterocycles. The summed E-state index contributed by atoms with van der Waals surface area (Å²) in [4.78, 5) is 27.0. The Bertz CT molecular complexity index is 1140. The molecule has 0 unspecified atom stereocenters. The number of nitrogens with zero attached hydrogens (tertiary/aromatic N) is 3. The molecule has 0 bridgehead atoms. The molecular formula is C21H17F2N3O2. The van der Waals surface area contributed by atoms with Crippen molar-refractivity contribution in [2.45, 2.75) is 19.8 Å². The summed E-state index contributed by atoms with van der Waals surface area (Å²) in [6, 6.07) is 11.5. The molecule has 142 valence electrons. The van der Waals surface area contributed by atoms with Gasteiger partial charge in [0.25, 0.3) is 5.91 Å². The summed E-state index contributed by atoms with van der Waals surface area (Å²) in [6.45, 7) is 2.01. The van der Waals surface area contributed by atoms with E-state index in [1.807, 2.05) is 0 Å². The van der Waals surface area contributed by atoms with Crippen LogP contribution >= 0.6 is 0 Å². The fraction of sp³-hybridized carbons (Fsp3) is 0.190. The Kier molecular flexibility index (Phi) is 4.50. The van der Waals surface area contributed by atoms with E-state index in [0.29, 0.717) is 36.3 Å². The number of fused-ring (bicyclic) bond motifs is 1. The average Bonchev–Trinajstić information content (AvgIpc) is 2.68. The molecule has 0 fully saturated rings. The van der Waals surface area contributed by atoms with Crippen LogP contribution in [-0.4, -0.2) is 22.2 Å². The molecule has 5 nitrogen and oxygen atoms in total. The van der Waals surface area contributed by atoms with Gasteiger partial charge in [0.1, 0.15) is 17.3 Å². The number of aryl methyl sites for hydroxylation is 2. The second-order valence-electron chi connectivity index (χ2n) is 6.70. The fourth-order valence-corrected chi connectivity index (χ4v) is 3.47. The molecule has 0 atom stereocenters. The maximum atomic E-state index is 14.2. The SMILES string of the molecule is Cc1cc(=O)c(C(=O)N2CCCc3cc(F)ccc32)nn1-c1ccccc1F. The van der Waals surface area contributed by atoms with Crippen LogP contribution in [0.5, 0.6) is 0 Å². The van der Waals surface area contributed by atoms with Gasteiger partial charge in [0.15, 0.2) is 5.69 Å². The van der Waals surface area contributed by atoms with Crippen molar-refractivity contribution in [2.75, 3.05) is 11.4 Å². The minimum Gasteiger partial charge on any atom is -0.307 e. The zero-order valence-electron chi connectivity index (χ0n) is 15.2. The van der Waals surface area contributed by atoms with Crippen LogP contribution < -0.4 is 10.3 Å². The van der Waals surface area contributed by atoms with E-state index in [1.165, 1.54) is 46.0 Å². The number of carbonyl (C=O) groups excluding carboxylic acids is 1. The van der Waals surface area contributed by atoms with Gasteiger partial charge in [-0.3, -0.25) is 9.59 Å². The van der Waals surface area contributed by atoms with Crippen molar-refractivity contribution in [1.82, 2.24) is 9.78 Å². The van der Waals surface area contributed by atoms with Gasteiger partial charge in [-0.25, -0.2) is 13.5 Å². The van der Waals surface area contributed by atoms with Crippen molar-refractivity contribution >= 4 is 11.6 Å². The second kappa shape index (κ2) is 6.99. The molecule has 0 aliphatic carbocycles. The largest absolute Gasteiger partial charge is 0.307 e. The quantitative estimate of drug-likeness (QED) is 0.684. The van der Waals surface area contributed by atoms with Gasteiger partial charge in [-0.15, -0.1) is 0 Å². The predicted molar refractivity (Wildman–Crippen MR) is 101 cm³/mol. The normalized spacial score (nSPS) is 13.3. The number of benzene rings is 2. The number of carbonyl (C=O) groups is 1. The molecular weight excluding hydrogens is 364 g/mol. The summed E-state index contributed by atoms with van der Waals surface area (Å²) in [5.41, 5.74) is 0.997. The summed E-state index contributed by atoms with van der Waals surface area (Å²) in [7, 11) is 0. The standard InChI is InChI=1S/C21H17F2N3O2/c1-13-11-19(27)20(24-26(13)18-7-3-2-6-16(18)23)21(28)25-10-4-5-14-12-15(22)8-9-17(14)25/h2-3,6-9,11-12H,4-5,10H2,1H3. The topological polar surface area (TPSA) is 55.2 Å². The van der Waals surface area contributed by atoms with Gasteiger partial charge >= 0.3 is 0 Å². The van der Waals surface area contributed by atoms with Gasteiger partial charge in [0, 0.05) is 24.0 Å². The van der Waals surface area contributed by atoms with E-state index in [1.54, 1.807) is 19.1 Å². The van der Waals surface area contributed by atoms with E-state index in [-0.39, 0.29) is 17.2 Å². The lowest BCUT2D eigenvalue weighted by Gasteiger charge is -2.29. The Hall–Kier alpha value is -3.35. The van der Waals surface area contributed by atoms with Crippen molar-refractivity contribution in [1.29, 1.82) is 0 Å². The maximum absolute atomic E-state index is 14.2. The lowest BCUT2D eigenvalue weighted by atomic mass is 10.0. The first kappa shape index (κ1) is 18.0. The summed E-state index contributed by atoms with van der Waals surface area (Å²) in [5, 5.41) is 4.17. The van der Waals surface area contributed by atoms with Crippen LogP contribution in [0.1, 0.15) is 28.2 Å². The van der Waals surface area contributed by atoms with Gasteiger partial charge in [-0.2, -0.15) is 5.10 Å². The Morgan fingerprint density at radius 1 is 1.07 bits per heavy atom. The molecule has 0 saturated heterocycles. The maximum Gasteiger partial charge on any atom is 0.282 e. The highest BCUT2D eigenvalue weighted by molar-refractivity contribution is 6.05. The number of hydrogen-bond donors (Lipinski definition) is 0. The Balaban J connectivity index is 1.81. The van der Waals surface area contributed by atoms with Crippen LogP contribution in [0.2, 0.25) is 0 Å². The first-order valence-corrected chi connectivity index (χ1v) is 8.92. The van der Waals surface area contributed by atoms with E-state index in [4.69, 9.17) is 0 Å². The van der Waals surface area contributed by atoms with Gasteiger partial charge in [-0.1, -0.05) is 12.1 Å². The summed E-state index contributed by atoms with van der Waals surface area (Å²) in [5.74, 6) is -1.47. The molecule has 2 aromatic carbocycles. The van der Waals surface area contributed by atoms with E-state index in [9.17, 15) is 18.4 Å². The molecule has 0 saturated carbocycles. The van der Waals surface area contributed by atoms with Crippen molar-refractivity contribution in [3.8, 4) is 5.69 Å². The molecule has 7 heteroatoms. The zero-order valence-corrected chi connectivity index (χ0v) is 15.2. The average molecular weight is 381 g/mol. The summed E-state index contributed by atoms with van der Waals surface area (Å²) in [6.07, 6.45) is 1.30. The zero-order chi connectivity index (χ0) is 19.8. The van der Waals surface area contributed by atoms with Crippen LogP contribution in [0.4, 0.5) is 14.5 Å². The molecule has 28 heavy (non-hydrogen) atoms. The highest BCUT2D eigenvalue weighted by Crippen LogP contribution is 2.28. The first-order chi connectivity index (χ1) is 13.5. The molecule has 0 spiro atoms. The van der Waals surface area contributed by atoms with Gasteiger partial charge in [0.2, 0.25) is 5.43 Å². The van der Waals surface area contributed by atoms with E-state index >= 15 is 0 Å². The van der Waals surface area contributed by atoms with E-state index < -0.39 is 17.2 Å². The molecule has 1 amide bonds. The lowest BCUT2D eigenvalue weighted by Crippen LogP contribution is -2.39. The first-order valence-electron chi connectivity index (χ1n) is 8.92. The minimum atomic E-state index is -0.581. The fourth-order valence-electron chi connectivity index (χ4n) is 3.47. The molecule has 1 aliphatic heterocycles. The number of hydrogen-bond acceptors (Lipinski definition) is 3. The molecule has 2 heterocycles. The van der Waals surface area contributed by atoms with Crippen molar-refractivity contribution in [2.24, 2.45) is 0 Å². The van der Waals surface area contributed by atoms with Gasteiger partial charge < -0.3 is 4.90 Å². The van der Waals surface area contributed by atoms with Crippen LogP contribution in [0.25, 0.3) is 5.69 Å². The molecule has 0 radical (unpaired) electrons. The van der Waals surface area contributed by atoms with E-state index in [2.05, 4.69) is 5.10 Å². The summed E-state index contributed by atoms with van der Waals surface area (Å²) >= 11 is 0. The Labute approximate surface area is 159 Å². The molecule has 3 aromatic rings. The Morgan fingerprint density at radius 3 is 2.64 bits per heavy atom. The van der Waals surface area contributed by atoms with Crippen molar-refractivity contribution < 1.29 is 13.6 Å². The highest BCUT2D eigenvalue weighted by Gasteiger charge is 2.27. The third-order valence-corrected chi connectivity index (χ3v) is 4.80. The molecule has 1 aliphatic rings. The number of aromatic nitrogens is 2. The van der Waals surface area contributed by atoms with Crippen LogP contribution in [0.3, 0.4) is 0 Å². The smallest absolute Gasteiger partial charge is 0.282 e. The second-order valence-corrected chi connectivity index (χ2v) is 6.70. The van der Waals surface area contributed by atoms with Crippen LogP contribution in [-0.2, 0) is 6.42 Å². The number of anilines is 1. The van der Waals surface area contributed by atoms with Crippen LogP contribution in [0.15, 0.2) is 53.3 Å². The van der Waals surface area contributed by atoms with Gasteiger partial charge in [-0.05, 0) is 55.7 Å². The number of rotatable bonds is 2. The Morgan fingerprint density at radius 2 is 1.86 bits per heavy atom. The summed E-state index contributed by atoms with van der Waals surface area (Å²) < 4.78 is 29.0. The molecule has 4 rings (SSSR count). The monoisotopic (exact) mass is 381 g/mol. The predicted octanol–water partition coefficient (Wildman–Crippen LogP) is 3.41. The number of halogens is 2. The third kappa shape index (κ3) is 3.09. The minimum absolute atomic E-state index is 0.148. The number of amides is 1. The highest BCUT2D eigenvalue weighted by atomic mass is 19.1. The van der Waals surface area contributed by atoms with Crippen molar-refractivity contribution in [3.05, 3.63) is 87.3 Å². The number of para-hydroxylation sites is 1.